The number of likely N-dealkylation sites (tertiary alicyclic amines) is 1. The van der Waals surface area contributed by atoms with E-state index in [1.807, 2.05) is 33.7 Å². The van der Waals surface area contributed by atoms with E-state index in [-0.39, 0.29) is 23.4 Å². The number of non-ortho nitro benzene ring substituents is 1. The van der Waals surface area contributed by atoms with E-state index in [0.29, 0.717) is 16.4 Å². The molecule has 162 valence electrons. The number of imidazole rings is 1. The Kier molecular flexibility index (Phi) is 6.13. The number of benzene rings is 2. The highest BCUT2D eigenvalue weighted by atomic mass is 32.2. The van der Waals surface area contributed by atoms with Crippen LogP contribution in [0, 0.1) is 10.1 Å². The number of nitro benzene ring substituents is 1. The van der Waals surface area contributed by atoms with E-state index in [1.54, 1.807) is 13.2 Å². The smallest absolute Gasteiger partial charge is 0.271 e. The molecule has 0 saturated carbocycles. The minimum atomic E-state index is -0.435. The third-order valence-electron chi connectivity index (χ3n) is 5.59. The van der Waals surface area contributed by atoms with E-state index >= 15 is 0 Å². The van der Waals surface area contributed by atoms with Crippen molar-refractivity contribution in [3.8, 4) is 11.4 Å². The van der Waals surface area contributed by atoms with Crippen LogP contribution in [0.25, 0.3) is 16.7 Å². The highest BCUT2D eigenvalue weighted by Crippen LogP contribution is 2.34. The van der Waals surface area contributed by atoms with Crippen LogP contribution in [0.15, 0.2) is 47.6 Å². The second-order valence-electron chi connectivity index (χ2n) is 7.55. The summed E-state index contributed by atoms with van der Waals surface area (Å²) in [6.07, 6.45) is 3.21. The van der Waals surface area contributed by atoms with Crippen LogP contribution in [0.2, 0.25) is 0 Å². The van der Waals surface area contributed by atoms with Gasteiger partial charge in [-0.2, -0.15) is 0 Å². The molecule has 4 rings (SSSR count). The summed E-state index contributed by atoms with van der Waals surface area (Å²) in [6, 6.07) is 12.4. The number of methoxy groups -OCH3 is 1. The molecular formula is C22H24N4O4S. The summed E-state index contributed by atoms with van der Waals surface area (Å²) in [6.45, 7) is 2.88. The minimum absolute atomic E-state index is 0.0213. The van der Waals surface area contributed by atoms with Crippen molar-refractivity contribution in [2.75, 3.05) is 19.4 Å². The van der Waals surface area contributed by atoms with Gasteiger partial charge in [-0.05, 0) is 44.4 Å². The highest BCUT2D eigenvalue weighted by molar-refractivity contribution is 7.99. The Morgan fingerprint density at radius 2 is 2.10 bits per heavy atom. The zero-order chi connectivity index (χ0) is 22.0. The molecule has 0 radical (unpaired) electrons. The maximum Gasteiger partial charge on any atom is 0.271 e. The van der Waals surface area contributed by atoms with Crippen molar-refractivity contribution in [3.63, 3.8) is 0 Å². The van der Waals surface area contributed by atoms with Crippen LogP contribution in [-0.2, 0) is 4.79 Å². The Hall–Kier alpha value is -3.07. The third-order valence-corrected chi connectivity index (χ3v) is 6.52. The zero-order valence-corrected chi connectivity index (χ0v) is 18.3. The van der Waals surface area contributed by atoms with Gasteiger partial charge in [0.25, 0.3) is 5.69 Å². The highest BCUT2D eigenvalue weighted by Gasteiger charge is 2.25. The summed E-state index contributed by atoms with van der Waals surface area (Å²) >= 11 is 1.34. The van der Waals surface area contributed by atoms with Gasteiger partial charge in [-0.3, -0.25) is 19.5 Å². The number of amides is 1. The van der Waals surface area contributed by atoms with Gasteiger partial charge < -0.3 is 9.64 Å². The van der Waals surface area contributed by atoms with Crippen LogP contribution in [-0.4, -0.2) is 50.7 Å². The Morgan fingerprint density at radius 3 is 2.84 bits per heavy atom. The van der Waals surface area contributed by atoms with Gasteiger partial charge in [-0.15, -0.1) is 0 Å². The lowest BCUT2D eigenvalue weighted by atomic mass is 10.0. The largest absolute Gasteiger partial charge is 0.495 e. The number of hydrogen-bond donors (Lipinski definition) is 0. The van der Waals surface area contributed by atoms with Gasteiger partial charge in [-0.25, -0.2) is 4.98 Å². The topological polar surface area (TPSA) is 90.5 Å². The van der Waals surface area contributed by atoms with E-state index in [4.69, 9.17) is 4.74 Å². The third kappa shape index (κ3) is 4.23. The fraction of sp³-hybridized carbons (Fsp3) is 0.364. The first-order chi connectivity index (χ1) is 15.0. The van der Waals surface area contributed by atoms with Gasteiger partial charge in [0, 0.05) is 24.7 Å². The molecule has 1 aromatic heterocycles. The molecule has 1 aliphatic rings. The molecular weight excluding hydrogens is 416 g/mol. The van der Waals surface area contributed by atoms with Crippen molar-refractivity contribution in [2.45, 2.75) is 37.4 Å². The lowest BCUT2D eigenvalue weighted by molar-refractivity contribution is -0.384. The standard InChI is InChI=1S/C22H24N4O4S/c1-15-7-5-6-12-24(15)21(27)14-31-22-23-17-13-16(26(28)29)10-11-18(17)25(22)19-8-3-4-9-20(19)30-2/h3-4,8-11,13,15H,5-7,12,14H2,1-2H3/t15-/m1/s1. The molecule has 2 heterocycles. The lowest BCUT2D eigenvalue weighted by Crippen LogP contribution is -2.42. The summed E-state index contributed by atoms with van der Waals surface area (Å²) in [5.74, 6) is 0.991. The fourth-order valence-electron chi connectivity index (χ4n) is 3.98. The van der Waals surface area contributed by atoms with Crippen molar-refractivity contribution < 1.29 is 14.5 Å². The maximum atomic E-state index is 12.9. The molecule has 0 unspecified atom stereocenters. The van der Waals surface area contributed by atoms with Crippen molar-refractivity contribution >= 4 is 34.4 Å². The fourth-order valence-corrected chi connectivity index (χ4v) is 4.89. The summed E-state index contributed by atoms with van der Waals surface area (Å²) in [4.78, 5) is 30.2. The van der Waals surface area contributed by atoms with Crippen LogP contribution < -0.4 is 4.74 Å². The van der Waals surface area contributed by atoms with E-state index in [0.717, 1.165) is 37.0 Å². The van der Waals surface area contributed by atoms with E-state index in [1.165, 1.54) is 23.9 Å². The number of para-hydroxylation sites is 2. The average Bonchev–Trinajstić information content (AvgIpc) is 3.15. The normalized spacial score (nSPS) is 16.5. The number of nitro groups is 1. The molecule has 1 aliphatic heterocycles. The zero-order valence-electron chi connectivity index (χ0n) is 17.5. The van der Waals surface area contributed by atoms with Crippen LogP contribution in [0.1, 0.15) is 26.2 Å². The number of fused-ring (bicyclic) bond motifs is 1. The number of aromatic nitrogens is 2. The molecule has 3 aromatic rings. The van der Waals surface area contributed by atoms with Crippen LogP contribution in [0.5, 0.6) is 5.75 Å². The molecule has 1 saturated heterocycles. The van der Waals surface area contributed by atoms with E-state index in [2.05, 4.69) is 11.9 Å². The Balaban J connectivity index is 1.72. The molecule has 9 heteroatoms. The Bertz CT molecular complexity index is 1130. The molecule has 2 aromatic carbocycles. The summed E-state index contributed by atoms with van der Waals surface area (Å²) in [5.41, 5.74) is 1.97. The van der Waals surface area contributed by atoms with E-state index in [9.17, 15) is 14.9 Å². The number of ether oxygens (including phenoxy) is 1. The second kappa shape index (κ2) is 8.97. The first-order valence-electron chi connectivity index (χ1n) is 10.2. The number of nitrogens with zero attached hydrogens (tertiary/aromatic N) is 4. The van der Waals surface area contributed by atoms with E-state index < -0.39 is 4.92 Å². The second-order valence-corrected chi connectivity index (χ2v) is 8.49. The van der Waals surface area contributed by atoms with Crippen molar-refractivity contribution in [1.82, 2.24) is 14.5 Å². The maximum absolute atomic E-state index is 12.9. The minimum Gasteiger partial charge on any atom is -0.495 e. The summed E-state index contributed by atoms with van der Waals surface area (Å²) in [7, 11) is 1.59. The average molecular weight is 441 g/mol. The number of hydrogen-bond acceptors (Lipinski definition) is 6. The monoisotopic (exact) mass is 440 g/mol. The predicted octanol–water partition coefficient (Wildman–Crippen LogP) is 4.44. The van der Waals surface area contributed by atoms with Crippen molar-refractivity contribution in [2.24, 2.45) is 0 Å². The molecule has 0 bridgehead atoms. The molecule has 0 spiro atoms. The summed E-state index contributed by atoms with van der Waals surface area (Å²) < 4.78 is 7.43. The number of piperidine rings is 1. The van der Waals surface area contributed by atoms with Gasteiger partial charge in [0.2, 0.25) is 5.91 Å². The SMILES string of the molecule is COc1ccccc1-n1c(SCC(=O)N2CCCC[C@H]2C)nc2cc([N+](=O)[O-])ccc21. The molecule has 0 aliphatic carbocycles. The Labute approximate surface area is 184 Å². The molecule has 1 amide bonds. The first kappa shape index (κ1) is 21.2. The van der Waals surface area contributed by atoms with Crippen LogP contribution >= 0.6 is 11.8 Å². The number of carbonyl (C=O) groups is 1. The van der Waals surface area contributed by atoms with Gasteiger partial charge in [0.1, 0.15) is 5.75 Å². The molecule has 8 nitrogen and oxygen atoms in total. The number of carbonyl (C=O) groups excluding carboxylic acids is 1. The lowest BCUT2D eigenvalue weighted by Gasteiger charge is -2.33. The van der Waals surface area contributed by atoms with Crippen LogP contribution in [0.4, 0.5) is 5.69 Å². The quantitative estimate of drug-likeness (QED) is 0.320. The van der Waals surface area contributed by atoms with Crippen molar-refractivity contribution in [3.05, 3.63) is 52.6 Å². The van der Waals surface area contributed by atoms with Gasteiger partial charge in [0.05, 0.1) is 34.5 Å². The van der Waals surface area contributed by atoms with Crippen LogP contribution in [0.3, 0.4) is 0 Å². The number of thioether (sulfide) groups is 1. The van der Waals surface area contributed by atoms with Gasteiger partial charge in [0.15, 0.2) is 5.16 Å². The first-order valence-corrected chi connectivity index (χ1v) is 11.2. The molecule has 0 N–H and O–H groups in total. The predicted molar refractivity (Wildman–Crippen MR) is 120 cm³/mol. The Morgan fingerprint density at radius 1 is 1.29 bits per heavy atom. The number of rotatable bonds is 6. The molecule has 31 heavy (non-hydrogen) atoms. The van der Waals surface area contributed by atoms with Gasteiger partial charge >= 0.3 is 0 Å². The molecule has 1 atom stereocenters. The van der Waals surface area contributed by atoms with Gasteiger partial charge in [-0.1, -0.05) is 23.9 Å². The van der Waals surface area contributed by atoms with Crippen molar-refractivity contribution in [1.29, 1.82) is 0 Å². The summed E-state index contributed by atoms with van der Waals surface area (Å²) in [5, 5.41) is 11.8. The molecule has 1 fully saturated rings.